The fraction of sp³-hybridized carbons (Fsp3) is 0.200. The molecule has 0 amide bonds. The molecule has 0 aromatic heterocycles. The van der Waals surface area contributed by atoms with E-state index in [9.17, 15) is 10.1 Å². The number of non-ortho nitro benzene ring substituents is 1. The standard InChI is InChI=1S/C25H22N2O3/c28-27(29)18-13-14-23-22(15-18)19-10-6-11-20(19)25(26-23)21-9-4-5-12-24(21)30-16-17-7-2-1-3-8-17/h1-10,12-15,19-20,25-26H,11,16H2. The van der Waals surface area contributed by atoms with Gasteiger partial charge < -0.3 is 10.1 Å². The Bertz CT molecular complexity index is 1110. The third kappa shape index (κ3) is 3.32. The van der Waals surface area contributed by atoms with Crippen LogP contribution in [0.5, 0.6) is 5.75 Å². The zero-order valence-corrected chi connectivity index (χ0v) is 16.4. The topological polar surface area (TPSA) is 64.4 Å². The highest BCUT2D eigenvalue weighted by molar-refractivity contribution is 5.63. The Kier molecular flexibility index (Phi) is 4.71. The predicted octanol–water partition coefficient (Wildman–Crippen LogP) is 6.00. The molecule has 5 heteroatoms. The van der Waals surface area contributed by atoms with E-state index in [2.05, 4.69) is 35.7 Å². The summed E-state index contributed by atoms with van der Waals surface area (Å²) >= 11 is 0. The number of hydrogen-bond acceptors (Lipinski definition) is 4. The minimum absolute atomic E-state index is 0.0749. The monoisotopic (exact) mass is 398 g/mol. The molecule has 1 aliphatic heterocycles. The lowest BCUT2D eigenvalue weighted by Gasteiger charge is -2.38. The number of allylic oxidation sites excluding steroid dienone is 2. The fourth-order valence-corrected chi connectivity index (χ4v) is 4.61. The number of fused-ring (bicyclic) bond motifs is 3. The van der Waals surface area contributed by atoms with Crippen molar-refractivity contribution in [3.63, 3.8) is 0 Å². The minimum Gasteiger partial charge on any atom is -0.489 e. The maximum Gasteiger partial charge on any atom is 0.269 e. The van der Waals surface area contributed by atoms with Crippen LogP contribution < -0.4 is 10.1 Å². The molecule has 3 unspecified atom stereocenters. The molecule has 0 bridgehead atoms. The van der Waals surface area contributed by atoms with Crippen LogP contribution in [0.3, 0.4) is 0 Å². The first-order valence-corrected chi connectivity index (χ1v) is 10.2. The predicted molar refractivity (Wildman–Crippen MR) is 117 cm³/mol. The second kappa shape index (κ2) is 7.67. The Hall–Kier alpha value is -3.60. The van der Waals surface area contributed by atoms with Crippen LogP contribution in [0.2, 0.25) is 0 Å². The summed E-state index contributed by atoms with van der Waals surface area (Å²) in [4.78, 5) is 10.9. The maximum absolute atomic E-state index is 11.2. The summed E-state index contributed by atoms with van der Waals surface area (Å²) in [5.41, 5.74) is 4.34. The molecule has 5 rings (SSSR count). The molecule has 0 saturated heterocycles. The van der Waals surface area contributed by atoms with Crippen LogP contribution in [0.15, 0.2) is 84.9 Å². The highest BCUT2D eigenvalue weighted by atomic mass is 16.6. The number of nitro benzene ring substituents is 1. The van der Waals surface area contributed by atoms with Crippen molar-refractivity contribution in [1.29, 1.82) is 0 Å². The van der Waals surface area contributed by atoms with Gasteiger partial charge in [0.25, 0.3) is 5.69 Å². The van der Waals surface area contributed by atoms with Crippen molar-refractivity contribution >= 4 is 11.4 Å². The summed E-state index contributed by atoms with van der Waals surface area (Å²) in [6.07, 6.45) is 5.30. The quantitative estimate of drug-likeness (QED) is 0.325. The third-order valence-corrected chi connectivity index (χ3v) is 6.05. The maximum atomic E-state index is 11.2. The van der Waals surface area contributed by atoms with Gasteiger partial charge in [-0.15, -0.1) is 0 Å². The zero-order chi connectivity index (χ0) is 20.5. The number of nitrogens with one attached hydrogen (secondary N) is 1. The summed E-state index contributed by atoms with van der Waals surface area (Å²) in [6.45, 7) is 0.514. The van der Waals surface area contributed by atoms with Crippen LogP contribution in [0.4, 0.5) is 11.4 Å². The zero-order valence-electron chi connectivity index (χ0n) is 16.4. The second-order valence-corrected chi connectivity index (χ2v) is 7.82. The summed E-state index contributed by atoms with van der Waals surface area (Å²) in [5, 5.41) is 14.9. The van der Waals surface area contributed by atoms with Crippen molar-refractivity contribution in [3.05, 3.63) is 112 Å². The molecule has 1 heterocycles. The highest BCUT2D eigenvalue weighted by Gasteiger charge is 2.39. The van der Waals surface area contributed by atoms with E-state index in [-0.39, 0.29) is 22.6 Å². The first kappa shape index (κ1) is 18.4. The Labute approximate surface area is 175 Å². The van der Waals surface area contributed by atoms with Crippen LogP contribution in [0.25, 0.3) is 0 Å². The average molecular weight is 398 g/mol. The number of nitro groups is 1. The molecule has 150 valence electrons. The van der Waals surface area contributed by atoms with Gasteiger partial charge in [-0.3, -0.25) is 10.1 Å². The normalized spacial score (nSPS) is 21.4. The largest absolute Gasteiger partial charge is 0.489 e. The Morgan fingerprint density at radius 3 is 2.63 bits per heavy atom. The molecule has 0 spiro atoms. The Morgan fingerprint density at radius 1 is 1.00 bits per heavy atom. The van der Waals surface area contributed by atoms with Gasteiger partial charge >= 0.3 is 0 Å². The minimum atomic E-state index is -0.327. The van der Waals surface area contributed by atoms with E-state index in [1.165, 1.54) is 0 Å². The first-order valence-electron chi connectivity index (χ1n) is 10.2. The van der Waals surface area contributed by atoms with Gasteiger partial charge in [-0.2, -0.15) is 0 Å². The van der Waals surface area contributed by atoms with E-state index >= 15 is 0 Å². The third-order valence-electron chi connectivity index (χ3n) is 6.05. The van der Waals surface area contributed by atoms with E-state index in [0.29, 0.717) is 12.5 Å². The van der Waals surface area contributed by atoms with Gasteiger partial charge in [0, 0.05) is 29.3 Å². The first-order chi connectivity index (χ1) is 14.7. The molecule has 5 nitrogen and oxygen atoms in total. The van der Waals surface area contributed by atoms with Gasteiger partial charge in [-0.1, -0.05) is 60.7 Å². The van der Waals surface area contributed by atoms with Crippen LogP contribution in [0, 0.1) is 16.0 Å². The molecule has 2 aliphatic rings. The molecule has 3 aromatic rings. The lowest BCUT2D eigenvalue weighted by molar-refractivity contribution is -0.384. The highest BCUT2D eigenvalue weighted by Crippen LogP contribution is 2.51. The molecule has 0 fully saturated rings. The summed E-state index contributed by atoms with van der Waals surface area (Å²) < 4.78 is 6.21. The fourth-order valence-electron chi connectivity index (χ4n) is 4.61. The molecular formula is C25H22N2O3. The van der Waals surface area contributed by atoms with Gasteiger partial charge in [0.15, 0.2) is 0 Å². The Morgan fingerprint density at radius 2 is 1.80 bits per heavy atom. The smallest absolute Gasteiger partial charge is 0.269 e. The molecule has 1 aliphatic carbocycles. The molecule has 3 atom stereocenters. The lowest BCUT2D eigenvalue weighted by atomic mass is 9.76. The van der Waals surface area contributed by atoms with E-state index in [1.54, 1.807) is 12.1 Å². The second-order valence-electron chi connectivity index (χ2n) is 7.82. The van der Waals surface area contributed by atoms with Gasteiger partial charge in [-0.25, -0.2) is 0 Å². The van der Waals surface area contributed by atoms with E-state index in [0.717, 1.165) is 34.5 Å². The molecular weight excluding hydrogens is 376 g/mol. The number of para-hydroxylation sites is 1. The number of nitrogens with zero attached hydrogens (tertiary/aromatic N) is 1. The summed E-state index contributed by atoms with van der Waals surface area (Å²) in [6, 6.07) is 23.5. The van der Waals surface area contributed by atoms with Crippen LogP contribution >= 0.6 is 0 Å². The molecule has 0 saturated carbocycles. The number of benzene rings is 3. The number of hydrogen-bond donors (Lipinski definition) is 1. The number of ether oxygens (including phenoxy) is 1. The average Bonchev–Trinajstić information content (AvgIpc) is 3.28. The van der Waals surface area contributed by atoms with Crippen molar-refractivity contribution in [1.82, 2.24) is 0 Å². The van der Waals surface area contributed by atoms with Gasteiger partial charge in [0.05, 0.1) is 11.0 Å². The van der Waals surface area contributed by atoms with Gasteiger partial charge in [0.2, 0.25) is 0 Å². The van der Waals surface area contributed by atoms with Gasteiger partial charge in [0.1, 0.15) is 12.4 Å². The lowest BCUT2D eigenvalue weighted by Crippen LogP contribution is -2.29. The summed E-state index contributed by atoms with van der Waals surface area (Å²) in [7, 11) is 0. The van der Waals surface area contributed by atoms with Crippen LogP contribution in [-0.2, 0) is 6.61 Å². The van der Waals surface area contributed by atoms with E-state index < -0.39 is 0 Å². The summed E-state index contributed by atoms with van der Waals surface area (Å²) in [5.74, 6) is 1.32. The van der Waals surface area contributed by atoms with Crippen molar-refractivity contribution in [2.24, 2.45) is 5.92 Å². The molecule has 0 radical (unpaired) electrons. The number of anilines is 1. The Balaban J connectivity index is 1.47. The van der Waals surface area contributed by atoms with Crippen LogP contribution in [-0.4, -0.2) is 4.92 Å². The van der Waals surface area contributed by atoms with Gasteiger partial charge in [-0.05, 0) is 35.6 Å². The molecule has 3 aromatic carbocycles. The van der Waals surface area contributed by atoms with E-state index in [1.807, 2.05) is 42.5 Å². The van der Waals surface area contributed by atoms with E-state index in [4.69, 9.17) is 4.74 Å². The SMILES string of the molecule is O=[N+]([O-])c1ccc2c(c1)C1C=CCC1C(c1ccccc1OCc1ccccc1)N2. The molecule has 1 N–H and O–H groups in total. The number of rotatable bonds is 5. The van der Waals surface area contributed by atoms with Crippen molar-refractivity contribution < 1.29 is 9.66 Å². The van der Waals surface area contributed by atoms with Crippen molar-refractivity contribution in [2.45, 2.75) is 25.0 Å². The van der Waals surface area contributed by atoms with Crippen molar-refractivity contribution in [2.75, 3.05) is 5.32 Å². The van der Waals surface area contributed by atoms with Crippen LogP contribution in [0.1, 0.15) is 35.1 Å². The molecule has 30 heavy (non-hydrogen) atoms. The van der Waals surface area contributed by atoms with Crippen molar-refractivity contribution in [3.8, 4) is 5.75 Å².